The summed E-state index contributed by atoms with van der Waals surface area (Å²) < 4.78 is 0. The number of benzene rings is 1. The van der Waals surface area contributed by atoms with Crippen LogP contribution in [0.3, 0.4) is 0 Å². The fraction of sp³-hybridized carbons (Fsp3) is 0.500. The molecule has 1 amide bonds. The van der Waals surface area contributed by atoms with Crippen LogP contribution in [0.15, 0.2) is 36.4 Å². The summed E-state index contributed by atoms with van der Waals surface area (Å²) in [6.45, 7) is 5.26. The number of carbonyl (C=O) groups excluding carboxylic acids is 1. The number of rotatable bonds is 5. The maximum atomic E-state index is 12.5. The fourth-order valence-electron chi connectivity index (χ4n) is 4.02. The average molecular weight is 397 g/mol. The predicted octanol–water partition coefficient (Wildman–Crippen LogP) is 3.78. The van der Waals surface area contributed by atoms with E-state index in [0.29, 0.717) is 11.0 Å². The molecule has 0 spiro atoms. The molecular formula is C22H28N4OS. The van der Waals surface area contributed by atoms with Crippen LogP contribution in [0.25, 0.3) is 11.3 Å². The van der Waals surface area contributed by atoms with Gasteiger partial charge in [-0.25, -0.2) is 0 Å². The minimum atomic E-state index is 0.289. The summed E-state index contributed by atoms with van der Waals surface area (Å²) in [5.41, 5.74) is 3.23. The summed E-state index contributed by atoms with van der Waals surface area (Å²) in [6, 6.07) is 12.3. The summed E-state index contributed by atoms with van der Waals surface area (Å²) in [6.07, 6.45) is 5.22. The summed E-state index contributed by atoms with van der Waals surface area (Å²) >= 11 is 1.86. The number of aryl methyl sites for hydroxylation is 1. The van der Waals surface area contributed by atoms with E-state index in [1.54, 1.807) is 0 Å². The SMILES string of the molecule is Cc1ccccc1-c1ccc(N2CCN(C(=O)CSC3CCCC3)CC2)nn1. The molecule has 0 radical (unpaired) electrons. The molecule has 6 heteroatoms. The van der Waals surface area contributed by atoms with Crippen molar-refractivity contribution in [1.82, 2.24) is 15.1 Å². The van der Waals surface area contributed by atoms with E-state index in [-0.39, 0.29) is 5.91 Å². The number of amides is 1. The Hall–Kier alpha value is -2.08. The Morgan fingerprint density at radius 1 is 1.04 bits per heavy atom. The van der Waals surface area contributed by atoms with Gasteiger partial charge in [0.25, 0.3) is 0 Å². The van der Waals surface area contributed by atoms with Crippen molar-refractivity contribution in [3.05, 3.63) is 42.0 Å². The largest absolute Gasteiger partial charge is 0.352 e. The Labute approximate surface area is 171 Å². The van der Waals surface area contributed by atoms with Gasteiger partial charge in [-0.15, -0.1) is 22.0 Å². The highest BCUT2D eigenvalue weighted by molar-refractivity contribution is 8.00. The minimum Gasteiger partial charge on any atom is -0.352 e. The second-order valence-corrected chi connectivity index (χ2v) is 8.97. The Morgan fingerprint density at radius 2 is 1.79 bits per heavy atom. The van der Waals surface area contributed by atoms with Crippen LogP contribution in [0.4, 0.5) is 5.82 Å². The lowest BCUT2D eigenvalue weighted by atomic mass is 10.1. The molecule has 4 rings (SSSR count). The lowest BCUT2D eigenvalue weighted by Crippen LogP contribution is -2.49. The van der Waals surface area contributed by atoms with Crippen molar-refractivity contribution < 1.29 is 4.79 Å². The van der Waals surface area contributed by atoms with E-state index < -0.39 is 0 Å². The van der Waals surface area contributed by atoms with E-state index in [1.165, 1.54) is 31.2 Å². The standard InChI is InChI=1S/C22H28N4OS/c1-17-6-2-5-9-19(17)20-10-11-21(24-23-20)25-12-14-26(15-13-25)22(27)16-28-18-7-3-4-8-18/h2,5-6,9-11,18H,3-4,7-8,12-16H2,1H3. The molecule has 2 heterocycles. The van der Waals surface area contributed by atoms with Gasteiger partial charge in [-0.3, -0.25) is 4.79 Å². The molecule has 1 aliphatic heterocycles. The van der Waals surface area contributed by atoms with Crippen LogP contribution in [-0.4, -0.2) is 58.2 Å². The van der Waals surface area contributed by atoms with E-state index >= 15 is 0 Å². The number of piperazine rings is 1. The molecule has 2 fully saturated rings. The lowest BCUT2D eigenvalue weighted by Gasteiger charge is -2.35. The highest BCUT2D eigenvalue weighted by Gasteiger charge is 2.24. The van der Waals surface area contributed by atoms with Crippen molar-refractivity contribution >= 4 is 23.5 Å². The van der Waals surface area contributed by atoms with Crippen molar-refractivity contribution in [3.8, 4) is 11.3 Å². The molecule has 1 aromatic carbocycles. The van der Waals surface area contributed by atoms with Crippen LogP contribution in [0, 0.1) is 6.92 Å². The van der Waals surface area contributed by atoms with Gasteiger partial charge in [-0.2, -0.15) is 0 Å². The summed E-state index contributed by atoms with van der Waals surface area (Å²) in [5, 5.41) is 9.59. The maximum absolute atomic E-state index is 12.5. The van der Waals surface area contributed by atoms with Crippen molar-refractivity contribution in [1.29, 1.82) is 0 Å². The van der Waals surface area contributed by atoms with Crippen LogP contribution < -0.4 is 4.90 Å². The zero-order chi connectivity index (χ0) is 19.3. The highest BCUT2D eigenvalue weighted by Crippen LogP contribution is 2.29. The van der Waals surface area contributed by atoms with E-state index in [2.05, 4.69) is 34.2 Å². The number of anilines is 1. The first-order valence-corrected chi connectivity index (χ1v) is 11.3. The average Bonchev–Trinajstić information content (AvgIpc) is 3.26. The highest BCUT2D eigenvalue weighted by atomic mass is 32.2. The van der Waals surface area contributed by atoms with E-state index in [9.17, 15) is 4.79 Å². The summed E-state index contributed by atoms with van der Waals surface area (Å²) in [4.78, 5) is 16.7. The smallest absolute Gasteiger partial charge is 0.232 e. The third kappa shape index (κ3) is 4.49. The van der Waals surface area contributed by atoms with Gasteiger partial charge in [0, 0.05) is 37.0 Å². The van der Waals surface area contributed by atoms with Gasteiger partial charge in [0.05, 0.1) is 11.4 Å². The number of carbonyl (C=O) groups is 1. The third-order valence-electron chi connectivity index (χ3n) is 5.77. The molecule has 0 bridgehead atoms. The van der Waals surface area contributed by atoms with E-state index in [4.69, 9.17) is 0 Å². The Kier molecular flexibility index (Phi) is 6.15. The van der Waals surface area contributed by atoms with Gasteiger partial charge in [-0.05, 0) is 37.5 Å². The van der Waals surface area contributed by atoms with Crippen molar-refractivity contribution in [2.45, 2.75) is 37.9 Å². The Morgan fingerprint density at radius 3 is 2.46 bits per heavy atom. The molecule has 1 saturated carbocycles. The fourth-order valence-corrected chi connectivity index (χ4v) is 5.25. The van der Waals surface area contributed by atoms with Crippen LogP contribution in [0.1, 0.15) is 31.2 Å². The molecule has 0 unspecified atom stereocenters. The zero-order valence-corrected chi connectivity index (χ0v) is 17.3. The Bertz CT molecular complexity index is 796. The molecule has 0 atom stereocenters. The third-order valence-corrected chi connectivity index (χ3v) is 7.13. The van der Waals surface area contributed by atoms with Gasteiger partial charge >= 0.3 is 0 Å². The molecule has 28 heavy (non-hydrogen) atoms. The van der Waals surface area contributed by atoms with E-state index in [0.717, 1.165) is 43.3 Å². The minimum absolute atomic E-state index is 0.289. The number of hydrogen-bond acceptors (Lipinski definition) is 5. The molecular weight excluding hydrogens is 368 g/mol. The topological polar surface area (TPSA) is 49.3 Å². The van der Waals surface area contributed by atoms with Crippen LogP contribution in [0.2, 0.25) is 0 Å². The number of aromatic nitrogens is 2. The zero-order valence-electron chi connectivity index (χ0n) is 16.5. The molecule has 1 aromatic heterocycles. The first-order chi connectivity index (χ1) is 13.7. The molecule has 2 aliphatic rings. The maximum Gasteiger partial charge on any atom is 0.232 e. The normalized spacial score (nSPS) is 17.9. The molecule has 1 aliphatic carbocycles. The lowest BCUT2D eigenvalue weighted by molar-refractivity contribution is -0.128. The molecule has 1 saturated heterocycles. The molecule has 0 N–H and O–H groups in total. The second kappa shape index (κ2) is 8.95. The van der Waals surface area contributed by atoms with Gasteiger partial charge in [-0.1, -0.05) is 37.1 Å². The summed E-state index contributed by atoms with van der Waals surface area (Å²) in [7, 11) is 0. The molecule has 2 aromatic rings. The van der Waals surface area contributed by atoms with E-state index in [1.807, 2.05) is 40.9 Å². The number of hydrogen-bond donors (Lipinski definition) is 0. The van der Waals surface area contributed by atoms with Crippen LogP contribution in [-0.2, 0) is 4.79 Å². The molecule has 5 nitrogen and oxygen atoms in total. The monoisotopic (exact) mass is 396 g/mol. The van der Waals surface area contributed by atoms with Gasteiger partial charge in [0.1, 0.15) is 0 Å². The number of thioether (sulfide) groups is 1. The summed E-state index contributed by atoms with van der Waals surface area (Å²) in [5.74, 6) is 1.82. The van der Waals surface area contributed by atoms with Crippen LogP contribution >= 0.6 is 11.8 Å². The van der Waals surface area contributed by atoms with Crippen molar-refractivity contribution in [2.24, 2.45) is 0 Å². The quantitative estimate of drug-likeness (QED) is 0.770. The second-order valence-electron chi connectivity index (χ2n) is 7.68. The first-order valence-electron chi connectivity index (χ1n) is 10.2. The number of nitrogens with zero attached hydrogens (tertiary/aromatic N) is 4. The van der Waals surface area contributed by atoms with Gasteiger partial charge < -0.3 is 9.80 Å². The first kappa shape index (κ1) is 19.2. The van der Waals surface area contributed by atoms with Crippen LogP contribution in [0.5, 0.6) is 0 Å². The predicted molar refractivity (Wildman–Crippen MR) is 116 cm³/mol. The van der Waals surface area contributed by atoms with Crippen molar-refractivity contribution in [2.75, 3.05) is 36.8 Å². The van der Waals surface area contributed by atoms with Gasteiger partial charge in [0.2, 0.25) is 5.91 Å². The Balaban J connectivity index is 1.30. The van der Waals surface area contributed by atoms with Gasteiger partial charge in [0.15, 0.2) is 5.82 Å². The molecule has 148 valence electrons. The van der Waals surface area contributed by atoms with Crippen molar-refractivity contribution in [3.63, 3.8) is 0 Å².